The second-order valence-electron chi connectivity index (χ2n) is 8.02. The van der Waals surface area contributed by atoms with Crippen molar-refractivity contribution >= 4 is 33.0 Å². The fraction of sp³-hybridized carbons (Fsp3) is 0.167. The third kappa shape index (κ3) is 4.20. The molecule has 0 unspecified atom stereocenters. The van der Waals surface area contributed by atoms with E-state index in [1.165, 1.54) is 66.6 Å². The van der Waals surface area contributed by atoms with Gasteiger partial charge in [-0.3, -0.25) is 9.52 Å². The van der Waals surface area contributed by atoms with Crippen molar-refractivity contribution in [3.63, 3.8) is 0 Å². The number of benzene rings is 3. The van der Waals surface area contributed by atoms with Crippen molar-refractivity contribution in [1.29, 1.82) is 0 Å². The molecule has 2 aliphatic heterocycles. The van der Waals surface area contributed by atoms with Crippen molar-refractivity contribution in [2.24, 2.45) is 5.16 Å². The maximum absolute atomic E-state index is 14.3. The molecule has 2 heterocycles. The number of hydrogen-bond acceptors (Lipinski definition) is 8. The number of rotatable bonds is 6. The Balaban J connectivity index is 1.49. The van der Waals surface area contributed by atoms with Gasteiger partial charge in [-0.25, -0.2) is 12.8 Å². The number of carbonyl (C=O) groups excluding carboxylic acids is 1. The van der Waals surface area contributed by atoms with E-state index in [4.69, 9.17) is 14.2 Å². The second kappa shape index (κ2) is 9.13. The number of fused-ring (bicyclic) bond motifs is 2. The molecule has 186 valence electrons. The standard InChI is InChI=1S/C24H20FN3O7S/c1-33-18-3-5-19(6-4-18)36(31,32)27-17-2-7-20-21(10-17)28(24(29)22(20)26-30)11-14-8-16(25)9-15-12-34-13-35-23(14)15/h2-10,27,30H,11-13H2,1H3/b26-22-. The van der Waals surface area contributed by atoms with Crippen molar-refractivity contribution < 1.29 is 37.0 Å². The van der Waals surface area contributed by atoms with E-state index in [0.717, 1.165) is 0 Å². The van der Waals surface area contributed by atoms with Crippen molar-refractivity contribution in [2.45, 2.75) is 18.0 Å². The lowest BCUT2D eigenvalue weighted by molar-refractivity contribution is -0.112. The minimum absolute atomic E-state index is 0.0140. The summed E-state index contributed by atoms with van der Waals surface area (Å²) in [7, 11) is -2.48. The van der Waals surface area contributed by atoms with Gasteiger partial charge in [0.2, 0.25) is 0 Å². The summed E-state index contributed by atoms with van der Waals surface area (Å²) in [6.07, 6.45) is 0. The molecule has 0 atom stereocenters. The molecule has 3 aromatic rings. The summed E-state index contributed by atoms with van der Waals surface area (Å²) in [6.45, 7) is 0.0295. The lowest BCUT2D eigenvalue weighted by atomic mass is 10.1. The number of amides is 1. The largest absolute Gasteiger partial charge is 0.497 e. The van der Waals surface area contributed by atoms with E-state index in [1.54, 1.807) is 0 Å². The van der Waals surface area contributed by atoms with Crippen LogP contribution in [0.15, 0.2) is 64.6 Å². The normalized spacial score (nSPS) is 15.9. The number of methoxy groups -OCH3 is 1. The molecule has 36 heavy (non-hydrogen) atoms. The average Bonchev–Trinajstić information content (AvgIpc) is 3.13. The van der Waals surface area contributed by atoms with Gasteiger partial charge in [0.25, 0.3) is 15.9 Å². The van der Waals surface area contributed by atoms with E-state index < -0.39 is 21.7 Å². The van der Waals surface area contributed by atoms with E-state index in [9.17, 15) is 22.8 Å². The highest BCUT2D eigenvalue weighted by molar-refractivity contribution is 7.92. The number of halogens is 1. The van der Waals surface area contributed by atoms with Gasteiger partial charge in [-0.1, -0.05) is 5.16 Å². The van der Waals surface area contributed by atoms with Gasteiger partial charge in [0.15, 0.2) is 12.5 Å². The number of hydrogen-bond donors (Lipinski definition) is 2. The van der Waals surface area contributed by atoms with E-state index in [0.29, 0.717) is 28.2 Å². The average molecular weight is 514 g/mol. The van der Waals surface area contributed by atoms with Crippen molar-refractivity contribution in [1.82, 2.24) is 0 Å². The number of sulfonamides is 1. The number of nitrogens with one attached hydrogen (secondary N) is 1. The van der Waals surface area contributed by atoms with Crippen LogP contribution in [0.4, 0.5) is 15.8 Å². The molecular formula is C24H20FN3O7S. The van der Waals surface area contributed by atoms with Crippen LogP contribution in [0, 0.1) is 5.82 Å². The highest BCUT2D eigenvalue weighted by Crippen LogP contribution is 2.37. The molecule has 0 radical (unpaired) electrons. The predicted molar refractivity (Wildman–Crippen MR) is 126 cm³/mol. The van der Waals surface area contributed by atoms with Crippen LogP contribution in [0.25, 0.3) is 0 Å². The van der Waals surface area contributed by atoms with Crippen LogP contribution in [-0.2, 0) is 32.7 Å². The summed E-state index contributed by atoms with van der Waals surface area (Å²) in [5.74, 6) is -0.246. The number of oxime groups is 1. The molecule has 2 aliphatic rings. The van der Waals surface area contributed by atoms with Crippen LogP contribution < -0.4 is 19.1 Å². The molecular weight excluding hydrogens is 493 g/mol. The number of nitrogens with zero attached hydrogens (tertiary/aromatic N) is 2. The summed E-state index contributed by atoms with van der Waals surface area (Å²) < 4.78 is 58.3. The third-order valence-corrected chi connectivity index (χ3v) is 7.19. The SMILES string of the molecule is COc1ccc(S(=O)(=O)Nc2ccc3c(c2)N(Cc2cc(F)cc4c2OCOC4)C(=O)/C3=N\O)cc1. The highest BCUT2D eigenvalue weighted by atomic mass is 32.2. The lowest BCUT2D eigenvalue weighted by Crippen LogP contribution is -2.30. The maximum Gasteiger partial charge on any atom is 0.281 e. The minimum atomic E-state index is -3.95. The van der Waals surface area contributed by atoms with Gasteiger partial charge in [0.05, 0.1) is 36.5 Å². The number of anilines is 2. The van der Waals surface area contributed by atoms with Crippen LogP contribution in [0.5, 0.6) is 11.5 Å². The molecule has 2 N–H and O–H groups in total. The Bertz CT molecular complexity index is 1490. The van der Waals surface area contributed by atoms with E-state index in [1.807, 2.05) is 0 Å². The van der Waals surface area contributed by atoms with Crippen molar-refractivity contribution in [2.75, 3.05) is 23.5 Å². The first-order valence-corrected chi connectivity index (χ1v) is 12.2. The Morgan fingerprint density at radius 3 is 2.67 bits per heavy atom. The summed E-state index contributed by atoms with van der Waals surface area (Å²) >= 11 is 0. The quantitative estimate of drug-likeness (QED) is 0.383. The molecule has 0 aromatic heterocycles. The summed E-state index contributed by atoms with van der Waals surface area (Å²) in [4.78, 5) is 14.3. The lowest BCUT2D eigenvalue weighted by Gasteiger charge is -2.24. The Hall–Kier alpha value is -4.16. The second-order valence-corrected chi connectivity index (χ2v) is 9.70. The fourth-order valence-corrected chi connectivity index (χ4v) is 5.19. The van der Waals surface area contributed by atoms with Gasteiger partial charge in [-0.2, -0.15) is 0 Å². The summed E-state index contributed by atoms with van der Waals surface area (Å²) in [5, 5.41) is 12.6. The molecule has 0 spiro atoms. The van der Waals surface area contributed by atoms with Crippen molar-refractivity contribution in [3.05, 3.63) is 77.1 Å². The van der Waals surface area contributed by atoms with E-state index >= 15 is 0 Å². The molecule has 10 nitrogen and oxygen atoms in total. The first-order valence-electron chi connectivity index (χ1n) is 10.7. The minimum Gasteiger partial charge on any atom is -0.497 e. The maximum atomic E-state index is 14.3. The van der Waals surface area contributed by atoms with Crippen molar-refractivity contribution in [3.8, 4) is 11.5 Å². The van der Waals surface area contributed by atoms with Gasteiger partial charge in [-0.15, -0.1) is 0 Å². The Labute approximate surface area is 205 Å². The summed E-state index contributed by atoms with van der Waals surface area (Å²) in [6, 6.07) is 12.8. The molecule has 0 fully saturated rings. The first-order chi connectivity index (χ1) is 17.3. The van der Waals surface area contributed by atoms with Gasteiger partial charge < -0.3 is 24.3 Å². The van der Waals surface area contributed by atoms with Gasteiger partial charge in [0.1, 0.15) is 17.3 Å². The third-order valence-electron chi connectivity index (χ3n) is 5.79. The molecule has 0 aliphatic carbocycles. The smallest absolute Gasteiger partial charge is 0.281 e. The Kier molecular flexibility index (Phi) is 5.98. The zero-order chi connectivity index (χ0) is 25.4. The first kappa shape index (κ1) is 23.6. The van der Waals surface area contributed by atoms with Crippen LogP contribution in [0.1, 0.15) is 16.7 Å². The number of carbonyl (C=O) groups is 1. The van der Waals surface area contributed by atoms with Crippen LogP contribution in [-0.4, -0.2) is 39.1 Å². The summed E-state index contributed by atoms with van der Waals surface area (Å²) in [5.41, 5.74) is 1.42. The Morgan fingerprint density at radius 1 is 1.17 bits per heavy atom. The van der Waals surface area contributed by atoms with Gasteiger partial charge >= 0.3 is 0 Å². The van der Waals surface area contributed by atoms with Crippen LogP contribution in [0.3, 0.4) is 0 Å². The zero-order valence-electron chi connectivity index (χ0n) is 18.9. The predicted octanol–water partition coefficient (Wildman–Crippen LogP) is 3.23. The van der Waals surface area contributed by atoms with Crippen LogP contribution >= 0.6 is 0 Å². The highest BCUT2D eigenvalue weighted by Gasteiger charge is 2.36. The molecule has 1 amide bonds. The molecule has 5 rings (SSSR count). The van der Waals surface area contributed by atoms with E-state index in [2.05, 4.69) is 9.88 Å². The molecule has 0 saturated carbocycles. The van der Waals surface area contributed by atoms with Gasteiger partial charge in [-0.05, 0) is 54.6 Å². The fourth-order valence-electron chi connectivity index (χ4n) is 4.14. The molecule has 3 aromatic carbocycles. The van der Waals surface area contributed by atoms with Crippen LogP contribution in [0.2, 0.25) is 0 Å². The number of ether oxygens (including phenoxy) is 3. The zero-order valence-corrected chi connectivity index (χ0v) is 19.7. The molecule has 0 bridgehead atoms. The van der Waals surface area contributed by atoms with E-state index in [-0.39, 0.29) is 41.9 Å². The molecule has 12 heteroatoms. The van der Waals surface area contributed by atoms with Gasteiger partial charge in [0, 0.05) is 16.7 Å². The monoisotopic (exact) mass is 513 g/mol. The topological polar surface area (TPSA) is 127 Å². The molecule has 0 saturated heterocycles. The Morgan fingerprint density at radius 2 is 1.94 bits per heavy atom.